The van der Waals surface area contributed by atoms with E-state index in [1.54, 1.807) is 53.4 Å². The Balaban J connectivity index is 1.92. The van der Waals surface area contributed by atoms with E-state index in [0.717, 1.165) is 6.54 Å². The van der Waals surface area contributed by atoms with E-state index in [1.807, 2.05) is 27.1 Å². The third kappa shape index (κ3) is 3.87. The van der Waals surface area contributed by atoms with Gasteiger partial charge in [0.05, 0.1) is 31.9 Å². The van der Waals surface area contributed by atoms with Crippen LogP contribution in [0.1, 0.15) is 24.5 Å². The number of carbonyl (C=O) groups excluding carboxylic acids is 3. The van der Waals surface area contributed by atoms with E-state index in [1.165, 1.54) is 9.80 Å². The van der Waals surface area contributed by atoms with Gasteiger partial charge in [0.25, 0.3) is 17.6 Å². The summed E-state index contributed by atoms with van der Waals surface area (Å²) < 4.78 is 5.51. The standard InChI is InChI=1S/C28H31N3O5/c1-5-18-36-20-14-12-19(13-15-20)24(32)23-25(33)26(34)31(17-9-16-29(3)4)28(23)21-10-7-8-11-22(21)30(6-2)27(28)35/h5,7-8,10-15,32H,1,6,9,16-18H2,2-4H3/p+1. The van der Waals surface area contributed by atoms with E-state index < -0.39 is 23.1 Å². The normalized spacial score (nSPS) is 20.5. The van der Waals surface area contributed by atoms with E-state index >= 15 is 0 Å². The highest BCUT2D eigenvalue weighted by Crippen LogP contribution is 2.53. The lowest BCUT2D eigenvalue weighted by molar-refractivity contribution is -0.858. The van der Waals surface area contributed by atoms with Crippen LogP contribution in [0, 0.1) is 0 Å². The van der Waals surface area contributed by atoms with Crippen molar-refractivity contribution in [2.24, 2.45) is 0 Å². The third-order valence-electron chi connectivity index (χ3n) is 6.68. The van der Waals surface area contributed by atoms with Gasteiger partial charge in [-0.15, -0.1) is 0 Å². The topological polar surface area (TPSA) is 91.6 Å². The summed E-state index contributed by atoms with van der Waals surface area (Å²) in [7, 11) is 4.00. The summed E-state index contributed by atoms with van der Waals surface area (Å²) in [6.07, 6.45) is 2.21. The van der Waals surface area contributed by atoms with Crippen molar-refractivity contribution in [3.8, 4) is 5.75 Å². The van der Waals surface area contributed by atoms with Crippen molar-refractivity contribution >= 4 is 29.0 Å². The summed E-state index contributed by atoms with van der Waals surface area (Å²) in [5.74, 6) is -1.87. The molecule has 8 nitrogen and oxygen atoms in total. The molecular weight excluding hydrogens is 458 g/mol. The maximum atomic E-state index is 14.1. The second-order valence-corrected chi connectivity index (χ2v) is 9.22. The van der Waals surface area contributed by atoms with Crippen LogP contribution in [0.15, 0.2) is 66.8 Å². The van der Waals surface area contributed by atoms with Gasteiger partial charge in [-0.1, -0.05) is 30.9 Å². The molecule has 1 saturated heterocycles. The van der Waals surface area contributed by atoms with E-state index in [9.17, 15) is 19.5 Å². The minimum Gasteiger partial charge on any atom is -0.507 e. The molecule has 2 aliphatic heterocycles. The average molecular weight is 491 g/mol. The van der Waals surface area contributed by atoms with Crippen LogP contribution in [0.25, 0.3) is 5.76 Å². The van der Waals surface area contributed by atoms with Gasteiger partial charge in [0, 0.05) is 30.6 Å². The molecule has 1 fully saturated rings. The average Bonchev–Trinajstić information content (AvgIpc) is 3.25. The van der Waals surface area contributed by atoms with E-state index in [2.05, 4.69) is 6.58 Å². The van der Waals surface area contributed by atoms with Crippen molar-refractivity contribution < 1.29 is 29.1 Å². The van der Waals surface area contributed by atoms with E-state index in [0.29, 0.717) is 42.1 Å². The van der Waals surface area contributed by atoms with Crippen LogP contribution in [0.2, 0.25) is 0 Å². The fourth-order valence-electron chi connectivity index (χ4n) is 5.08. The molecule has 2 aliphatic rings. The molecule has 2 N–H and O–H groups in total. The van der Waals surface area contributed by atoms with Crippen molar-refractivity contribution in [1.29, 1.82) is 0 Å². The van der Waals surface area contributed by atoms with Crippen molar-refractivity contribution in [3.05, 3.63) is 77.9 Å². The second kappa shape index (κ2) is 9.99. The molecule has 2 aromatic carbocycles. The maximum Gasteiger partial charge on any atom is 0.296 e. The van der Waals surface area contributed by atoms with Gasteiger partial charge in [0.1, 0.15) is 18.1 Å². The number of rotatable bonds is 9. The molecule has 36 heavy (non-hydrogen) atoms. The number of aliphatic hydroxyl groups is 1. The Bertz CT molecular complexity index is 1230. The summed E-state index contributed by atoms with van der Waals surface area (Å²) >= 11 is 0. The first-order valence-corrected chi connectivity index (χ1v) is 12.1. The number of anilines is 1. The Morgan fingerprint density at radius 3 is 2.44 bits per heavy atom. The van der Waals surface area contributed by atoms with Crippen molar-refractivity contribution in [2.75, 3.05) is 45.2 Å². The predicted molar refractivity (Wildman–Crippen MR) is 137 cm³/mol. The molecule has 188 valence electrons. The molecular formula is C28H32N3O5+. The molecule has 0 radical (unpaired) electrons. The molecule has 4 rings (SSSR count). The number of aliphatic hydroxyl groups excluding tert-OH is 1. The first-order chi connectivity index (χ1) is 17.3. The number of hydrogen-bond donors (Lipinski definition) is 2. The molecule has 0 aromatic heterocycles. The number of carbonyl (C=O) groups is 3. The summed E-state index contributed by atoms with van der Waals surface area (Å²) in [6, 6.07) is 13.7. The van der Waals surface area contributed by atoms with Gasteiger partial charge in [-0.3, -0.25) is 14.4 Å². The van der Waals surface area contributed by atoms with Gasteiger partial charge < -0.3 is 24.5 Å². The molecule has 0 bridgehead atoms. The molecule has 1 unspecified atom stereocenters. The van der Waals surface area contributed by atoms with Crippen LogP contribution < -0.4 is 14.5 Å². The van der Waals surface area contributed by atoms with Crippen molar-refractivity contribution in [3.63, 3.8) is 0 Å². The van der Waals surface area contributed by atoms with Gasteiger partial charge in [0.2, 0.25) is 0 Å². The fraction of sp³-hybridized carbons (Fsp3) is 0.321. The number of likely N-dealkylation sites (tertiary alicyclic amines) is 1. The number of nitrogens with zero attached hydrogens (tertiary/aromatic N) is 2. The highest BCUT2D eigenvalue weighted by molar-refractivity contribution is 6.50. The lowest BCUT2D eigenvalue weighted by atomic mass is 9.82. The molecule has 8 heteroatoms. The number of para-hydroxylation sites is 1. The van der Waals surface area contributed by atoms with Crippen LogP contribution in [-0.2, 0) is 19.9 Å². The Kier molecular flexibility index (Phi) is 6.99. The van der Waals surface area contributed by atoms with Gasteiger partial charge >= 0.3 is 0 Å². The number of Topliss-reactive ketones (excluding diaryl/α,β-unsaturated/α-hetero) is 1. The zero-order chi connectivity index (χ0) is 26.0. The molecule has 1 spiro atoms. The zero-order valence-electron chi connectivity index (χ0n) is 20.9. The molecule has 0 aliphatic carbocycles. The van der Waals surface area contributed by atoms with E-state index in [-0.39, 0.29) is 17.9 Å². The van der Waals surface area contributed by atoms with Crippen LogP contribution in [0.3, 0.4) is 0 Å². The Morgan fingerprint density at radius 2 is 1.81 bits per heavy atom. The maximum absolute atomic E-state index is 14.1. The number of likely N-dealkylation sites (N-methyl/N-ethyl adjacent to an activating group) is 1. The number of quaternary nitrogens is 1. The number of nitrogens with one attached hydrogen (secondary N) is 1. The third-order valence-corrected chi connectivity index (χ3v) is 6.68. The summed E-state index contributed by atoms with van der Waals surface area (Å²) in [4.78, 5) is 45.2. The first-order valence-electron chi connectivity index (χ1n) is 12.1. The molecule has 0 saturated carbocycles. The lowest BCUT2D eigenvalue weighted by Gasteiger charge is -2.34. The summed E-state index contributed by atoms with van der Waals surface area (Å²) in [5.41, 5.74) is -0.436. The summed E-state index contributed by atoms with van der Waals surface area (Å²) in [5, 5.41) is 11.5. The molecule has 2 amide bonds. The second-order valence-electron chi connectivity index (χ2n) is 9.22. The Morgan fingerprint density at radius 1 is 1.11 bits per heavy atom. The Labute approximate surface area is 211 Å². The number of fused-ring (bicyclic) bond motifs is 2. The largest absolute Gasteiger partial charge is 0.507 e. The number of hydrogen-bond acceptors (Lipinski definition) is 5. The molecule has 2 aromatic rings. The van der Waals surface area contributed by atoms with Crippen molar-refractivity contribution in [1.82, 2.24) is 4.90 Å². The van der Waals surface area contributed by atoms with Gasteiger partial charge in [0.15, 0.2) is 5.54 Å². The number of ketones is 1. The van der Waals surface area contributed by atoms with Gasteiger partial charge in [-0.25, -0.2) is 0 Å². The first kappa shape index (κ1) is 25.2. The minimum absolute atomic E-state index is 0.196. The Hall–Kier alpha value is -3.91. The van der Waals surface area contributed by atoms with Gasteiger partial charge in [-0.05, 0) is 37.3 Å². The van der Waals surface area contributed by atoms with Gasteiger partial charge in [-0.2, -0.15) is 0 Å². The fourth-order valence-corrected chi connectivity index (χ4v) is 5.08. The zero-order valence-corrected chi connectivity index (χ0v) is 20.9. The minimum atomic E-state index is -1.72. The number of benzene rings is 2. The summed E-state index contributed by atoms with van der Waals surface area (Å²) in [6.45, 7) is 7.11. The highest BCUT2D eigenvalue weighted by Gasteiger charge is 2.66. The lowest BCUT2D eigenvalue weighted by Crippen LogP contribution is -3.05. The number of ether oxygens (including phenoxy) is 1. The predicted octanol–water partition coefficient (Wildman–Crippen LogP) is 1.73. The van der Waals surface area contributed by atoms with E-state index in [4.69, 9.17) is 4.74 Å². The van der Waals surface area contributed by atoms with Crippen LogP contribution in [-0.4, -0.2) is 67.9 Å². The SMILES string of the molecule is C=CCOc1ccc(C(O)=C2C(=O)C(=O)N(CCC[NH+](C)C)C23C(=O)N(CC)c2ccccc23)cc1. The number of amides is 2. The van der Waals surface area contributed by atoms with Crippen LogP contribution in [0.5, 0.6) is 5.75 Å². The molecule has 1 atom stereocenters. The van der Waals surface area contributed by atoms with Crippen LogP contribution in [0.4, 0.5) is 5.69 Å². The van der Waals surface area contributed by atoms with Crippen LogP contribution >= 0.6 is 0 Å². The highest BCUT2D eigenvalue weighted by atomic mass is 16.5. The smallest absolute Gasteiger partial charge is 0.296 e. The quantitative estimate of drug-likeness (QED) is 0.242. The monoisotopic (exact) mass is 490 g/mol. The molecule has 2 heterocycles. The van der Waals surface area contributed by atoms with Crippen molar-refractivity contribution in [2.45, 2.75) is 18.9 Å².